The molecule has 13 heteroatoms. The van der Waals surface area contributed by atoms with E-state index in [1.165, 1.54) is 32.1 Å². The quantitative estimate of drug-likeness (QED) is 0.468. The molecule has 212 valence electrons. The van der Waals surface area contributed by atoms with E-state index in [0.29, 0.717) is 18.9 Å². The molecule has 4 rings (SSSR count). The molecule has 1 aromatic carbocycles. The number of ether oxygens (including phenoxy) is 1. The Hall–Kier alpha value is -2.56. The van der Waals surface area contributed by atoms with Crippen molar-refractivity contribution in [2.24, 2.45) is 11.7 Å². The number of halogens is 3. The summed E-state index contributed by atoms with van der Waals surface area (Å²) in [6.45, 7) is 1.39. The minimum absolute atomic E-state index is 0. The Morgan fingerprint density at radius 3 is 2.45 bits per heavy atom. The standard InChI is InChI=1S/C23H30N4O2.C2HF3O2.2H2S/c24-13-18-7-4-10-27(18)23(28)21(25)11-17-14-26-22-9-8-19(12-20(17)22)29-15-16-5-2-1-3-6-16;3-2(4,5)1(6)7;;/h8-9,12,14,16,18,21,26H,1-7,10-11,15,25H2;(H,6,7);2*1H2/t18-,21-;;;/m0.../s1. The Labute approximate surface area is 233 Å². The molecule has 4 N–H and O–H groups in total. The van der Waals surface area contributed by atoms with Crippen molar-refractivity contribution in [3.63, 3.8) is 0 Å². The third-order valence-electron chi connectivity index (χ3n) is 6.63. The van der Waals surface area contributed by atoms with E-state index in [0.717, 1.165) is 41.7 Å². The fourth-order valence-electron chi connectivity index (χ4n) is 4.69. The van der Waals surface area contributed by atoms with E-state index in [4.69, 9.17) is 20.4 Å². The molecule has 1 saturated carbocycles. The zero-order valence-corrected chi connectivity index (χ0v) is 22.9. The van der Waals surface area contributed by atoms with E-state index in [9.17, 15) is 23.2 Å². The molecule has 2 aromatic rings. The average Bonchev–Trinajstić information content (AvgIpc) is 3.49. The Balaban J connectivity index is 0.000000712. The van der Waals surface area contributed by atoms with Crippen LogP contribution in [0.15, 0.2) is 24.4 Å². The van der Waals surface area contributed by atoms with Crippen LogP contribution in [0.5, 0.6) is 5.75 Å². The number of H-pyrrole nitrogens is 1. The fourth-order valence-corrected chi connectivity index (χ4v) is 4.69. The van der Waals surface area contributed by atoms with E-state index in [1.807, 2.05) is 18.3 Å². The predicted molar refractivity (Wildman–Crippen MR) is 147 cm³/mol. The van der Waals surface area contributed by atoms with Crippen LogP contribution in [0.1, 0.15) is 50.5 Å². The lowest BCUT2D eigenvalue weighted by molar-refractivity contribution is -0.192. The minimum Gasteiger partial charge on any atom is -0.493 e. The van der Waals surface area contributed by atoms with E-state index in [-0.39, 0.29) is 38.9 Å². The number of aromatic amines is 1. The summed E-state index contributed by atoms with van der Waals surface area (Å²) >= 11 is 0. The molecule has 0 bridgehead atoms. The van der Waals surface area contributed by atoms with Crippen LogP contribution >= 0.6 is 27.0 Å². The van der Waals surface area contributed by atoms with Crippen LogP contribution in [0.25, 0.3) is 10.9 Å². The number of nitrogens with one attached hydrogen (secondary N) is 1. The second-order valence-electron chi connectivity index (χ2n) is 9.27. The molecule has 0 radical (unpaired) electrons. The highest BCUT2D eigenvalue weighted by molar-refractivity contribution is 7.59. The maximum Gasteiger partial charge on any atom is 0.490 e. The lowest BCUT2D eigenvalue weighted by Gasteiger charge is -2.23. The number of carboxylic acid groups (broad SMARTS) is 1. The molecule has 1 aliphatic carbocycles. The number of fused-ring (bicyclic) bond motifs is 1. The molecule has 1 aliphatic heterocycles. The van der Waals surface area contributed by atoms with Crippen molar-refractivity contribution < 1.29 is 32.6 Å². The van der Waals surface area contributed by atoms with Gasteiger partial charge in [-0.1, -0.05) is 19.3 Å². The molecule has 1 saturated heterocycles. The first-order chi connectivity index (χ1) is 17.1. The first-order valence-electron chi connectivity index (χ1n) is 12.1. The topological polar surface area (TPSA) is 132 Å². The SMILES string of the molecule is N#C[C@@H]1CCCN1C(=O)[C@@H](N)Cc1c[nH]c2ccc(OCC3CCCCC3)cc12.O=C(O)C(F)(F)F.S.S. The number of carbonyl (C=O) groups excluding carboxylic acids is 1. The number of nitrogens with two attached hydrogens (primary N) is 1. The summed E-state index contributed by atoms with van der Waals surface area (Å²) in [7, 11) is 0. The molecule has 8 nitrogen and oxygen atoms in total. The van der Waals surface area contributed by atoms with Crippen LogP contribution in [-0.4, -0.2) is 58.3 Å². The van der Waals surface area contributed by atoms with Crippen molar-refractivity contribution in [1.29, 1.82) is 5.26 Å². The number of likely N-dealkylation sites (tertiary alicyclic amines) is 1. The summed E-state index contributed by atoms with van der Waals surface area (Å²) < 4.78 is 37.8. The van der Waals surface area contributed by atoms with Gasteiger partial charge in [-0.05, 0) is 61.8 Å². The van der Waals surface area contributed by atoms with Gasteiger partial charge in [-0.2, -0.15) is 45.4 Å². The normalized spacial score (nSPS) is 18.3. The zero-order valence-electron chi connectivity index (χ0n) is 20.9. The number of hydrogen-bond acceptors (Lipinski definition) is 5. The smallest absolute Gasteiger partial charge is 0.490 e. The Bertz CT molecular complexity index is 1100. The number of amides is 1. The van der Waals surface area contributed by atoms with Crippen LogP contribution in [-0.2, 0) is 16.0 Å². The Kier molecular flexibility index (Phi) is 13.3. The van der Waals surface area contributed by atoms with Crippen molar-refractivity contribution in [2.45, 2.75) is 69.6 Å². The monoisotopic (exact) mass is 576 g/mol. The van der Waals surface area contributed by atoms with Crippen molar-refractivity contribution in [3.05, 3.63) is 30.0 Å². The van der Waals surface area contributed by atoms with Gasteiger partial charge in [0.05, 0.1) is 18.7 Å². The summed E-state index contributed by atoms with van der Waals surface area (Å²) in [6.07, 6.45) is 5.38. The number of carbonyl (C=O) groups is 2. The largest absolute Gasteiger partial charge is 0.493 e. The van der Waals surface area contributed by atoms with Crippen LogP contribution in [0.2, 0.25) is 0 Å². The van der Waals surface area contributed by atoms with Gasteiger partial charge in [-0.3, -0.25) is 4.79 Å². The summed E-state index contributed by atoms with van der Waals surface area (Å²) in [4.78, 5) is 26.5. The highest BCUT2D eigenvalue weighted by Gasteiger charge is 2.38. The summed E-state index contributed by atoms with van der Waals surface area (Å²) in [5.41, 5.74) is 8.27. The molecule has 38 heavy (non-hydrogen) atoms. The first-order valence-corrected chi connectivity index (χ1v) is 12.1. The number of carboxylic acids is 1. The van der Waals surface area contributed by atoms with Crippen molar-refractivity contribution in [2.75, 3.05) is 13.2 Å². The number of aromatic nitrogens is 1. The Morgan fingerprint density at radius 2 is 1.84 bits per heavy atom. The number of hydrogen-bond donors (Lipinski definition) is 3. The van der Waals surface area contributed by atoms with E-state index < -0.39 is 18.2 Å². The van der Waals surface area contributed by atoms with Gasteiger partial charge in [-0.15, -0.1) is 0 Å². The van der Waals surface area contributed by atoms with Gasteiger partial charge in [-0.25, -0.2) is 4.79 Å². The second kappa shape index (κ2) is 15.1. The molecular formula is C25H35F3N4O4S2. The molecule has 0 unspecified atom stereocenters. The number of nitrogens with zero attached hydrogens (tertiary/aromatic N) is 2. The lowest BCUT2D eigenvalue weighted by Crippen LogP contribution is -2.46. The van der Waals surface area contributed by atoms with E-state index in [1.54, 1.807) is 4.90 Å². The number of alkyl halides is 3. The zero-order chi connectivity index (χ0) is 26.3. The molecule has 1 aromatic heterocycles. The second-order valence-corrected chi connectivity index (χ2v) is 9.27. The molecule has 2 heterocycles. The third-order valence-corrected chi connectivity index (χ3v) is 6.63. The molecular weight excluding hydrogens is 541 g/mol. The fraction of sp³-hybridized carbons (Fsp3) is 0.560. The average molecular weight is 577 g/mol. The summed E-state index contributed by atoms with van der Waals surface area (Å²) in [5.74, 6) is -1.36. The molecule has 1 amide bonds. The van der Waals surface area contributed by atoms with Gasteiger partial charge in [0, 0.05) is 23.6 Å². The van der Waals surface area contributed by atoms with Gasteiger partial charge >= 0.3 is 12.1 Å². The maximum atomic E-state index is 12.7. The number of nitriles is 1. The molecule has 0 spiro atoms. The predicted octanol–water partition coefficient (Wildman–Crippen LogP) is 4.37. The van der Waals surface area contributed by atoms with Crippen LogP contribution in [0.4, 0.5) is 13.2 Å². The third kappa shape index (κ3) is 9.03. The summed E-state index contributed by atoms with van der Waals surface area (Å²) in [6, 6.07) is 7.30. The molecule has 2 fully saturated rings. The van der Waals surface area contributed by atoms with E-state index >= 15 is 0 Å². The van der Waals surface area contributed by atoms with E-state index in [2.05, 4.69) is 17.1 Å². The number of benzene rings is 1. The van der Waals surface area contributed by atoms with Gasteiger partial charge in [0.1, 0.15) is 11.8 Å². The Morgan fingerprint density at radius 1 is 1.18 bits per heavy atom. The molecule has 2 aliphatic rings. The summed E-state index contributed by atoms with van der Waals surface area (Å²) in [5, 5.41) is 17.4. The number of rotatable bonds is 6. The van der Waals surface area contributed by atoms with Gasteiger partial charge in [0.25, 0.3) is 0 Å². The van der Waals surface area contributed by atoms with Crippen LogP contribution in [0.3, 0.4) is 0 Å². The highest BCUT2D eigenvalue weighted by atomic mass is 32.1. The highest BCUT2D eigenvalue weighted by Crippen LogP contribution is 2.28. The van der Waals surface area contributed by atoms with Gasteiger partial charge < -0.3 is 25.5 Å². The van der Waals surface area contributed by atoms with Crippen molar-refractivity contribution in [3.8, 4) is 11.8 Å². The maximum absolute atomic E-state index is 12.7. The van der Waals surface area contributed by atoms with Crippen molar-refractivity contribution in [1.82, 2.24) is 9.88 Å². The number of aliphatic carboxylic acids is 1. The van der Waals surface area contributed by atoms with Crippen LogP contribution in [0, 0.1) is 17.2 Å². The van der Waals surface area contributed by atoms with Crippen molar-refractivity contribution >= 4 is 49.8 Å². The lowest BCUT2D eigenvalue weighted by atomic mass is 9.90. The van der Waals surface area contributed by atoms with Gasteiger partial charge in [0.15, 0.2) is 0 Å². The molecule has 2 atom stereocenters. The minimum atomic E-state index is -5.08. The van der Waals surface area contributed by atoms with Gasteiger partial charge in [0.2, 0.25) is 5.91 Å². The van der Waals surface area contributed by atoms with Crippen LogP contribution < -0.4 is 10.5 Å². The first kappa shape index (κ1) is 33.5.